The molecule has 20 heavy (non-hydrogen) atoms. The van der Waals surface area contributed by atoms with E-state index >= 15 is 0 Å². The van der Waals surface area contributed by atoms with Crippen molar-refractivity contribution in [2.45, 2.75) is 39.3 Å². The van der Waals surface area contributed by atoms with Crippen molar-refractivity contribution in [2.75, 3.05) is 6.54 Å². The lowest BCUT2D eigenvalue weighted by Gasteiger charge is -2.18. The Hall–Kier alpha value is -1.32. The fourth-order valence-corrected chi connectivity index (χ4v) is 2.80. The quantitative estimate of drug-likeness (QED) is 0.755. The Labute approximate surface area is 125 Å². The summed E-state index contributed by atoms with van der Waals surface area (Å²) in [5, 5.41) is 5.66. The predicted octanol–water partition coefficient (Wildman–Crippen LogP) is 4.78. The molecule has 2 rings (SSSR count). The summed E-state index contributed by atoms with van der Waals surface area (Å²) >= 11 is 1.73. The first kappa shape index (κ1) is 15.1. The molecule has 0 aliphatic rings. The monoisotopic (exact) mass is 289 g/mol. The molecule has 108 valence electrons. The number of hydrogen-bond donors (Lipinski definition) is 1. The Morgan fingerprint density at radius 3 is 2.80 bits per heavy atom. The van der Waals surface area contributed by atoms with Crippen LogP contribution >= 0.6 is 11.3 Å². The summed E-state index contributed by atoms with van der Waals surface area (Å²) in [4.78, 5) is 1.26. The summed E-state index contributed by atoms with van der Waals surface area (Å²) in [6.07, 6.45) is 2.25. The number of nitrogens with one attached hydrogen (secondary N) is 1. The Kier molecular flexibility index (Phi) is 6.09. The molecule has 1 N–H and O–H groups in total. The zero-order chi connectivity index (χ0) is 14.2. The second-order valence-electron chi connectivity index (χ2n) is 4.86. The Balaban J connectivity index is 1.98. The van der Waals surface area contributed by atoms with Crippen LogP contribution in [0.25, 0.3) is 0 Å². The van der Waals surface area contributed by atoms with E-state index in [9.17, 15) is 0 Å². The molecule has 0 aliphatic carbocycles. The lowest BCUT2D eigenvalue weighted by molar-refractivity contribution is 0.309. The van der Waals surface area contributed by atoms with E-state index < -0.39 is 0 Å². The molecule has 2 aromatic rings. The number of hydrogen-bond acceptors (Lipinski definition) is 3. The summed E-state index contributed by atoms with van der Waals surface area (Å²) in [6.45, 7) is 6.12. The SMILES string of the molecule is CCCNC(CC)c1cccc(OCc2cccs2)c1. The van der Waals surface area contributed by atoms with Gasteiger partial charge in [-0.15, -0.1) is 11.3 Å². The van der Waals surface area contributed by atoms with Crippen molar-refractivity contribution < 1.29 is 4.74 Å². The number of rotatable bonds is 8. The lowest BCUT2D eigenvalue weighted by Crippen LogP contribution is -2.21. The van der Waals surface area contributed by atoms with Crippen molar-refractivity contribution in [1.29, 1.82) is 0 Å². The minimum atomic E-state index is 0.417. The highest BCUT2D eigenvalue weighted by atomic mass is 32.1. The van der Waals surface area contributed by atoms with Gasteiger partial charge in [-0.3, -0.25) is 0 Å². The summed E-state index contributed by atoms with van der Waals surface area (Å²) in [5.74, 6) is 0.952. The van der Waals surface area contributed by atoms with Gasteiger partial charge in [-0.2, -0.15) is 0 Å². The molecule has 1 atom stereocenters. The van der Waals surface area contributed by atoms with E-state index in [1.54, 1.807) is 11.3 Å². The summed E-state index contributed by atoms with van der Waals surface area (Å²) in [6, 6.07) is 13.0. The van der Waals surface area contributed by atoms with Gasteiger partial charge >= 0.3 is 0 Å². The highest BCUT2D eigenvalue weighted by Crippen LogP contribution is 2.23. The first-order valence-electron chi connectivity index (χ1n) is 7.32. The molecule has 1 heterocycles. The van der Waals surface area contributed by atoms with Crippen molar-refractivity contribution in [3.8, 4) is 5.75 Å². The van der Waals surface area contributed by atoms with Crippen LogP contribution in [-0.2, 0) is 6.61 Å². The van der Waals surface area contributed by atoms with E-state index in [2.05, 4.69) is 54.9 Å². The maximum absolute atomic E-state index is 5.87. The standard InChI is InChI=1S/C17H23NOS/c1-3-10-18-17(4-2)14-7-5-8-15(12-14)19-13-16-9-6-11-20-16/h5-9,11-12,17-18H,3-4,10,13H2,1-2H3. The molecule has 2 nitrogen and oxygen atoms in total. The van der Waals surface area contributed by atoms with E-state index in [-0.39, 0.29) is 0 Å². The van der Waals surface area contributed by atoms with Crippen LogP contribution in [0.5, 0.6) is 5.75 Å². The smallest absolute Gasteiger partial charge is 0.122 e. The van der Waals surface area contributed by atoms with Crippen LogP contribution in [-0.4, -0.2) is 6.54 Å². The van der Waals surface area contributed by atoms with Crippen LogP contribution in [0.3, 0.4) is 0 Å². The van der Waals surface area contributed by atoms with Gasteiger partial charge in [-0.25, -0.2) is 0 Å². The maximum atomic E-state index is 5.87. The van der Waals surface area contributed by atoms with E-state index in [1.165, 1.54) is 10.4 Å². The van der Waals surface area contributed by atoms with Crippen molar-refractivity contribution in [2.24, 2.45) is 0 Å². The van der Waals surface area contributed by atoms with Crippen LogP contribution in [0, 0.1) is 0 Å². The molecule has 0 bridgehead atoms. The lowest BCUT2D eigenvalue weighted by atomic mass is 10.0. The van der Waals surface area contributed by atoms with Gasteiger partial charge in [0.2, 0.25) is 0 Å². The average Bonchev–Trinajstić information content (AvgIpc) is 3.00. The average molecular weight is 289 g/mol. The predicted molar refractivity (Wildman–Crippen MR) is 86.4 cm³/mol. The Bertz CT molecular complexity index is 495. The molecule has 1 aromatic carbocycles. The normalized spacial score (nSPS) is 12.3. The molecule has 0 saturated heterocycles. The van der Waals surface area contributed by atoms with Gasteiger partial charge in [0.25, 0.3) is 0 Å². The fraction of sp³-hybridized carbons (Fsp3) is 0.412. The highest BCUT2D eigenvalue weighted by molar-refractivity contribution is 7.09. The summed E-state index contributed by atoms with van der Waals surface area (Å²) in [5.41, 5.74) is 1.31. The third-order valence-electron chi connectivity index (χ3n) is 3.27. The van der Waals surface area contributed by atoms with Crippen LogP contribution < -0.4 is 10.1 Å². The van der Waals surface area contributed by atoms with Crippen molar-refractivity contribution >= 4 is 11.3 Å². The zero-order valence-corrected chi connectivity index (χ0v) is 13.1. The number of thiophene rings is 1. The molecule has 0 saturated carbocycles. The van der Waals surface area contributed by atoms with E-state index in [0.717, 1.165) is 25.1 Å². The van der Waals surface area contributed by atoms with E-state index in [1.807, 2.05) is 6.07 Å². The van der Waals surface area contributed by atoms with Gasteiger partial charge in [-0.1, -0.05) is 32.0 Å². The second kappa shape index (κ2) is 8.08. The van der Waals surface area contributed by atoms with Gasteiger partial charge in [0.1, 0.15) is 12.4 Å². The van der Waals surface area contributed by atoms with E-state index in [0.29, 0.717) is 12.6 Å². The number of benzene rings is 1. The molecule has 0 fully saturated rings. The van der Waals surface area contributed by atoms with Crippen LogP contribution in [0.1, 0.15) is 43.2 Å². The van der Waals surface area contributed by atoms with Gasteiger partial charge in [-0.05, 0) is 48.5 Å². The van der Waals surface area contributed by atoms with Gasteiger partial charge in [0, 0.05) is 10.9 Å². The number of ether oxygens (including phenoxy) is 1. The van der Waals surface area contributed by atoms with E-state index in [4.69, 9.17) is 4.74 Å². The van der Waals surface area contributed by atoms with Crippen molar-refractivity contribution in [3.05, 3.63) is 52.2 Å². The minimum absolute atomic E-state index is 0.417. The largest absolute Gasteiger partial charge is 0.488 e. The van der Waals surface area contributed by atoms with Crippen LogP contribution in [0.4, 0.5) is 0 Å². The maximum Gasteiger partial charge on any atom is 0.122 e. The minimum Gasteiger partial charge on any atom is -0.488 e. The molecule has 1 aromatic heterocycles. The van der Waals surface area contributed by atoms with Gasteiger partial charge < -0.3 is 10.1 Å². The third kappa shape index (κ3) is 4.36. The molecule has 0 spiro atoms. The second-order valence-corrected chi connectivity index (χ2v) is 5.89. The molecule has 0 aliphatic heterocycles. The third-order valence-corrected chi connectivity index (χ3v) is 4.12. The summed E-state index contributed by atoms with van der Waals surface area (Å²) < 4.78 is 5.87. The molecular weight excluding hydrogens is 266 g/mol. The van der Waals surface area contributed by atoms with Crippen LogP contribution in [0.15, 0.2) is 41.8 Å². The first-order chi connectivity index (χ1) is 9.83. The van der Waals surface area contributed by atoms with Gasteiger partial charge in [0.15, 0.2) is 0 Å². The Morgan fingerprint density at radius 1 is 1.20 bits per heavy atom. The topological polar surface area (TPSA) is 21.3 Å². The highest BCUT2D eigenvalue weighted by Gasteiger charge is 2.09. The molecule has 0 radical (unpaired) electrons. The van der Waals surface area contributed by atoms with Gasteiger partial charge in [0.05, 0.1) is 0 Å². The van der Waals surface area contributed by atoms with Crippen LogP contribution in [0.2, 0.25) is 0 Å². The zero-order valence-electron chi connectivity index (χ0n) is 12.3. The molecule has 0 amide bonds. The van der Waals surface area contributed by atoms with Crippen molar-refractivity contribution in [1.82, 2.24) is 5.32 Å². The summed E-state index contributed by atoms with van der Waals surface area (Å²) in [7, 11) is 0. The van der Waals surface area contributed by atoms with Crippen molar-refractivity contribution in [3.63, 3.8) is 0 Å². The molecule has 3 heteroatoms. The Morgan fingerprint density at radius 2 is 2.10 bits per heavy atom. The first-order valence-corrected chi connectivity index (χ1v) is 8.20. The molecular formula is C17H23NOS. The fourth-order valence-electron chi connectivity index (χ4n) is 2.19. The molecule has 1 unspecified atom stereocenters.